The summed E-state index contributed by atoms with van der Waals surface area (Å²) in [6.45, 7) is 5.08. The first-order chi connectivity index (χ1) is 12.2. The monoisotopic (exact) mass is 362 g/mol. The van der Waals surface area contributed by atoms with E-state index in [0.717, 1.165) is 23.4 Å². The van der Waals surface area contributed by atoms with E-state index >= 15 is 0 Å². The van der Waals surface area contributed by atoms with E-state index in [1.165, 1.54) is 0 Å². The molecule has 0 spiro atoms. The van der Waals surface area contributed by atoms with Gasteiger partial charge in [0, 0.05) is 0 Å². The Balaban J connectivity index is 2.12. The zero-order valence-corrected chi connectivity index (χ0v) is 15.5. The van der Waals surface area contributed by atoms with Gasteiger partial charge in [0.1, 0.15) is 5.75 Å². The second-order valence-corrected chi connectivity index (χ2v) is 5.62. The van der Waals surface area contributed by atoms with Gasteiger partial charge in [-0.05, 0) is 55.3 Å². The molecule has 2 aromatic carbocycles. The predicted octanol–water partition coefficient (Wildman–Crippen LogP) is 4.98. The van der Waals surface area contributed by atoms with Crippen LogP contribution < -0.4 is 19.6 Å². The summed E-state index contributed by atoms with van der Waals surface area (Å²) >= 11 is 6.33. The van der Waals surface area contributed by atoms with Gasteiger partial charge in [-0.3, -0.25) is 5.43 Å². The van der Waals surface area contributed by atoms with E-state index in [1.807, 2.05) is 44.2 Å². The molecule has 1 N–H and O–H groups in total. The van der Waals surface area contributed by atoms with E-state index in [2.05, 4.69) is 10.5 Å². The molecule has 6 heteroatoms. The summed E-state index contributed by atoms with van der Waals surface area (Å²) in [5.74, 6) is 1.99. The van der Waals surface area contributed by atoms with Crippen LogP contribution in [0.2, 0.25) is 5.02 Å². The van der Waals surface area contributed by atoms with E-state index in [9.17, 15) is 0 Å². The van der Waals surface area contributed by atoms with Crippen LogP contribution in [0.3, 0.4) is 0 Å². The van der Waals surface area contributed by atoms with E-state index < -0.39 is 0 Å². The lowest BCUT2D eigenvalue weighted by atomic mass is 10.2. The first kappa shape index (κ1) is 18.9. The number of rotatable bonds is 9. The van der Waals surface area contributed by atoms with Gasteiger partial charge in [-0.25, -0.2) is 0 Å². The van der Waals surface area contributed by atoms with Crippen molar-refractivity contribution < 1.29 is 14.2 Å². The minimum atomic E-state index is 0.505. The Morgan fingerprint density at radius 3 is 2.52 bits per heavy atom. The number of hydrazone groups is 1. The summed E-state index contributed by atoms with van der Waals surface area (Å²) in [5.41, 5.74) is 4.64. The summed E-state index contributed by atoms with van der Waals surface area (Å²) in [7, 11) is 1.63. The molecule has 0 heterocycles. The Bertz CT molecular complexity index is 703. The maximum absolute atomic E-state index is 6.33. The molecule has 0 amide bonds. The third kappa shape index (κ3) is 5.57. The summed E-state index contributed by atoms with van der Waals surface area (Å²) in [6, 6.07) is 11.2. The van der Waals surface area contributed by atoms with Crippen molar-refractivity contribution in [2.24, 2.45) is 5.10 Å². The second-order valence-electron chi connectivity index (χ2n) is 5.21. The number of nitrogens with one attached hydrogen (secondary N) is 1. The molecule has 0 aromatic heterocycles. The molecule has 2 aromatic rings. The number of halogens is 1. The highest BCUT2D eigenvalue weighted by atomic mass is 35.5. The van der Waals surface area contributed by atoms with Gasteiger partial charge in [0.25, 0.3) is 0 Å². The zero-order valence-electron chi connectivity index (χ0n) is 14.7. The topological polar surface area (TPSA) is 52.1 Å². The third-order valence-corrected chi connectivity index (χ3v) is 3.56. The van der Waals surface area contributed by atoms with Gasteiger partial charge in [-0.2, -0.15) is 5.10 Å². The average molecular weight is 363 g/mol. The molecule has 0 radical (unpaired) electrons. The van der Waals surface area contributed by atoms with Crippen LogP contribution in [0, 0.1) is 0 Å². The molecular formula is C19H23ClN2O3. The van der Waals surface area contributed by atoms with Crippen LogP contribution in [-0.2, 0) is 0 Å². The first-order valence-electron chi connectivity index (χ1n) is 8.20. The predicted molar refractivity (Wildman–Crippen MR) is 103 cm³/mol. The minimum Gasteiger partial charge on any atom is -0.497 e. The molecule has 2 rings (SSSR count). The maximum Gasteiger partial charge on any atom is 0.179 e. The molecule has 5 nitrogen and oxygen atoms in total. The van der Waals surface area contributed by atoms with Crippen LogP contribution in [0.1, 0.15) is 25.8 Å². The Hall–Kier alpha value is -2.40. The first-order valence-corrected chi connectivity index (χ1v) is 8.58. The lowest BCUT2D eigenvalue weighted by Gasteiger charge is -2.13. The number of benzene rings is 2. The molecule has 25 heavy (non-hydrogen) atoms. The third-order valence-electron chi connectivity index (χ3n) is 3.28. The van der Waals surface area contributed by atoms with E-state index in [0.29, 0.717) is 29.7 Å². The molecule has 0 fully saturated rings. The Morgan fingerprint density at radius 2 is 1.88 bits per heavy atom. The SMILES string of the molecule is CCCOc1c(Cl)cc(/C=N/Nc2ccc(OC)cc2)cc1OCC. The van der Waals surface area contributed by atoms with E-state index in [1.54, 1.807) is 19.4 Å². The van der Waals surface area contributed by atoms with Crippen LogP contribution in [0.4, 0.5) is 5.69 Å². The molecule has 134 valence electrons. The second kappa shape index (κ2) is 9.79. The van der Waals surface area contributed by atoms with Crippen LogP contribution >= 0.6 is 11.6 Å². The molecule has 0 saturated carbocycles. The number of anilines is 1. The summed E-state index contributed by atoms with van der Waals surface area (Å²) in [4.78, 5) is 0. The van der Waals surface area contributed by atoms with Crippen LogP contribution in [0.25, 0.3) is 0 Å². The maximum atomic E-state index is 6.33. The number of hydrogen-bond donors (Lipinski definition) is 1. The quantitative estimate of drug-likeness (QED) is 0.504. The summed E-state index contributed by atoms with van der Waals surface area (Å²) in [6.07, 6.45) is 2.58. The number of ether oxygens (including phenoxy) is 3. The molecule has 0 saturated heterocycles. The molecule has 0 aliphatic carbocycles. The van der Waals surface area contributed by atoms with Crippen molar-refractivity contribution in [2.75, 3.05) is 25.7 Å². The standard InChI is InChI=1S/C19H23ClN2O3/c1-4-10-25-19-17(20)11-14(12-18(19)24-5-2)13-21-22-15-6-8-16(23-3)9-7-15/h6-9,11-13,22H,4-5,10H2,1-3H3/b21-13+. The van der Waals surface area contributed by atoms with Crippen molar-refractivity contribution in [2.45, 2.75) is 20.3 Å². The van der Waals surface area contributed by atoms with Crippen LogP contribution in [-0.4, -0.2) is 26.5 Å². The van der Waals surface area contributed by atoms with Crippen molar-refractivity contribution in [3.05, 3.63) is 47.0 Å². The van der Waals surface area contributed by atoms with E-state index in [-0.39, 0.29) is 0 Å². The summed E-state index contributed by atoms with van der Waals surface area (Å²) < 4.78 is 16.5. The smallest absolute Gasteiger partial charge is 0.179 e. The van der Waals surface area contributed by atoms with Gasteiger partial charge in [0.05, 0.1) is 37.2 Å². The Morgan fingerprint density at radius 1 is 1.12 bits per heavy atom. The Labute approximate surface area is 153 Å². The highest BCUT2D eigenvalue weighted by Crippen LogP contribution is 2.36. The lowest BCUT2D eigenvalue weighted by molar-refractivity contribution is 0.277. The highest BCUT2D eigenvalue weighted by Gasteiger charge is 2.11. The van der Waals surface area contributed by atoms with Gasteiger partial charge < -0.3 is 14.2 Å². The fraction of sp³-hybridized carbons (Fsp3) is 0.316. The summed E-state index contributed by atoms with van der Waals surface area (Å²) in [5, 5.41) is 4.74. The van der Waals surface area contributed by atoms with Crippen molar-refractivity contribution >= 4 is 23.5 Å². The van der Waals surface area contributed by atoms with Crippen molar-refractivity contribution in [3.63, 3.8) is 0 Å². The van der Waals surface area contributed by atoms with Gasteiger partial charge >= 0.3 is 0 Å². The zero-order chi connectivity index (χ0) is 18.1. The molecule has 0 aliphatic heterocycles. The van der Waals surface area contributed by atoms with Crippen molar-refractivity contribution in [1.29, 1.82) is 0 Å². The van der Waals surface area contributed by atoms with Gasteiger partial charge in [0.2, 0.25) is 0 Å². The van der Waals surface area contributed by atoms with Crippen LogP contribution in [0.5, 0.6) is 17.2 Å². The lowest BCUT2D eigenvalue weighted by Crippen LogP contribution is -2.02. The van der Waals surface area contributed by atoms with Gasteiger partial charge in [0.15, 0.2) is 11.5 Å². The number of nitrogens with zero attached hydrogens (tertiary/aromatic N) is 1. The number of methoxy groups -OCH3 is 1. The normalized spacial score (nSPS) is 10.7. The minimum absolute atomic E-state index is 0.505. The van der Waals surface area contributed by atoms with Crippen molar-refractivity contribution in [1.82, 2.24) is 0 Å². The molecule has 0 aliphatic rings. The fourth-order valence-corrected chi connectivity index (χ4v) is 2.39. The molecule has 0 unspecified atom stereocenters. The van der Waals surface area contributed by atoms with Gasteiger partial charge in [-0.15, -0.1) is 0 Å². The van der Waals surface area contributed by atoms with Gasteiger partial charge in [-0.1, -0.05) is 18.5 Å². The Kier molecular flexibility index (Phi) is 7.41. The average Bonchev–Trinajstić information content (AvgIpc) is 2.62. The fourth-order valence-electron chi connectivity index (χ4n) is 2.12. The van der Waals surface area contributed by atoms with Crippen LogP contribution in [0.15, 0.2) is 41.5 Å². The molecule has 0 atom stereocenters. The number of hydrogen-bond acceptors (Lipinski definition) is 5. The molecular weight excluding hydrogens is 340 g/mol. The van der Waals surface area contributed by atoms with E-state index in [4.69, 9.17) is 25.8 Å². The largest absolute Gasteiger partial charge is 0.497 e. The van der Waals surface area contributed by atoms with Crippen molar-refractivity contribution in [3.8, 4) is 17.2 Å². The molecule has 0 bridgehead atoms. The highest BCUT2D eigenvalue weighted by molar-refractivity contribution is 6.32.